The summed E-state index contributed by atoms with van der Waals surface area (Å²) in [5.41, 5.74) is 7.94. The van der Waals surface area contributed by atoms with Crippen LogP contribution in [0.15, 0.2) is 36.5 Å². The number of nitrogens with zero attached hydrogens (tertiary/aromatic N) is 3. The van der Waals surface area contributed by atoms with Gasteiger partial charge >= 0.3 is 0 Å². The maximum absolute atomic E-state index is 4.42. The lowest BCUT2D eigenvalue weighted by molar-refractivity contribution is 0.223. The third-order valence-electron chi connectivity index (χ3n) is 6.26. The maximum atomic E-state index is 4.42. The van der Waals surface area contributed by atoms with Crippen LogP contribution in [0.3, 0.4) is 0 Å². The lowest BCUT2D eigenvalue weighted by Crippen LogP contribution is -2.34. The Bertz CT molecular complexity index is 1010. The molecule has 2 aliphatic rings. The van der Waals surface area contributed by atoms with E-state index >= 15 is 0 Å². The molecule has 132 valence electrons. The molecule has 0 radical (unpaired) electrons. The minimum absolute atomic E-state index is 0.573. The van der Waals surface area contributed by atoms with Crippen LogP contribution in [-0.2, 0) is 6.42 Å². The summed E-state index contributed by atoms with van der Waals surface area (Å²) in [7, 11) is 2.30. The van der Waals surface area contributed by atoms with Crippen LogP contribution in [0.2, 0.25) is 0 Å². The van der Waals surface area contributed by atoms with Crippen molar-refractivity contribution < 1.29 is 0 Å². The fraction of sp³-hybridized carbons (Fsp3) is 0.348. The zero-order valence-corrected chi connectivity index (χ0v) is 15.7. The van der Waals surface area contributed by atoms with E-state index in [0.29, 0.717) is 12.1 Å². The van der Waals surface area contributed by atoms with Crippen LogP contribution in [0, 0.1) is 13.8 Å². The standard InChI is InChI=1S/C23H25N3/c1-15-4-8-20-19(12-15)23-21-9-7-18(25(21)3)13-22(23)26(20)11-10-17-6-5-16(2)24-14-17/h4-6,8,10-12,14,18,21H,7,9,13H2,1-3H3. The molecule has 2 atom stereocenters. The van der Waals surface area contributed by atoms with Crippen molar-refractivity contribution in [1.29, 1.82) is 0 Å². The SMILES string of the molecule is Cc1ccc2c(c1)c1c(n2C=Cc2ccc(C)nc2)CC2CCC1N2C. The van der Waals surface area contributed by atoms with Crippen LogP contribution >= 0.6 is 0 Å². The quantitative estimate of drug-likeness (QED) is 0.655. The molecule has 0 N–H and O–H groups in total. The molecule has 3 aromatic rings. The van der Waals surface area contributed by atoms with Gasteiger partial charge in [-0.2, -0.15) is 0 Å². The van der Waals surface area contributed by atoms with E-state index in [1.165, 1.54) is 35.0 Å². The molecule has 0 spiro atoms. The molecular formula is C23H25N3. The highest BCUT2D eigenvalue weighted by Crippen LogP contribution is 2.47. The van der Waals surface area contributed by atoms with Crippen molar-refractivity contribution in [2.75, 3.05) is 7.05 Å². The van der Waals surface area contributed by atoms with Gasteiger partial charge in [0.05, 0.1) is 5.52 Å². The Morgan fingerprint density at radius 3 is 2.81 bits per heavy atom. The summed E-state index contributed by atoms with van der Waals surface area (Å²) in [6, 6.07) is 12.4. The van der Waals surface area contributed by atoms with Crippen molar-refractivity contribution in [2.45, 2.75) is 45.2 Å². The Hall–Kier alpha value is -2.39. The average molecular weight is 343 g/mol. The molecule has 1 aromatic carbocycles. The predicted molar refractivity (Wildman–Crippen MR) is 108 cm³/mol. The van der Waals surface area contributed by atoms with Gasteiger partial charge < -0.3 is 4.57 Å². The second-order valence-corrected chi connectivity index (χ2v) is 7.92. The lowest BCUT2D eigenvalue weighted by atomic mass is 9.97. The van der Waals surface area contributed by atoms with Crippen LogP contribution in [0.4, 0.5) is 0 Å². The summed E-state index contributed by atoms with van der Waals surface area (Å²) in [6.07, 6.45) is 10.1. The predicted octanol–water partition coefficient (Wildman–Crippen LogP) is 4.97. The van der Waals surface area contributed by atoms with E-state index in [4.69, 9.17) is 0 Å². The molecule has 2 unspecified atom stereocenters. The largest absolute Gasteiger partial charge is 0.320 e. The molecule has 5 rings (SSSR count). The summed E-state index contributed by atoms with van der Waals surface area (Å²) in [5.74, 6) is 0. The van der Waals surface area contributed by atoms with E-state index in [0.717, 1.165) is 17.7 Å². The number of aryl methyl sites for hydroxylation is 2. The number of likely N-dealkylation sites (N-methyl/N-ethyl adjacent to an activating group) is 1. The van der Waals surface area contributed by atoms with E-state index in [-0.39, 0.29) is 0 Å². The first-order chi connectivity index (χ1) is 12.6. The molecule has 26 heavy (non-hydrogen) atoms. The Labute approximate surface area is 155 Å². The first-order valence-electron chi connectivity index (χ1n) is 9.58. The fourth-order valence-corrected chi connectivity index (χ4v) is 4.82. The van der Waals surface area contributed by atoms with Crippen molar-refractivity contribution in [3.8, 4) is 0 Å². The second kappa shape index (κ2) is 5.82. The molecule has 0 amide bonds. The van der Waals surface area contributed by atoms with Crippen LogP contribution in [0.1, 0.15) is 47.0 Å². The highest BCUT2D eigenvalue weighted by atomic mass is 15.2. The Morgan fingerprint density at radius 1 is 1.12 bits per heavy atom. The van der Waals surface area contributed by atoms with Gasteiger partial charge in [0, 0.05) is 47.7 Å². The van der Waals surface area contributed by atoms with E-state index < -0.39 is 0 Å². The van der Waals surface area contributed by atoms with Gasteiger partial charge in [-0.15, -0.1) is 0 Å². The van der Waals surface area contributed by atoms with Gasteiger partial charge in [0.1, 0.15) is 0 Å². The molecule has 3 nitrogen and oxygen atoms in total. The van der Waals surface area contributed by atoms with Crippen LogP contribution in [0.5, 0.6) is 0 Å². The van der Waals surface area contributed by atoms with E-state index in [1.54, 1.807) is 5.56 Å². The van der Waals surface area contributed by atoms with Crippen molar-refractivity contribution in [1.82, 2.24) is 14.5 Å². The van der Waals surface area contributed by atoms with Crippen LogP contribution < -0.4 is 0 Å². The van der Waals surface area contributed by atoms with Gasteiger partial charge in [-0.05, 0) is 69.1 Å². The van der Waals surface area contributed by atoms with E-state index in [1.807, 2.05) is 13.1 Å². The van der Waals surface area contributed by atoms with Crippen molar-refractivity contribution in [3.05, 3.63) is 64.6 Å². The molecule has 2 bridgehead atoms. The van der Waals surface area contributed by atoms with Crippen LogP contribution in [0.25, 0.3) is 23.2 Å². The summed E-state index contributed by atoms with van der Waals surface area (Å²) < 4.78 is 2.43. The van der Waals surface area contributed by atoms with Crippen molar-refractivity contribution in [2.24, 2.45) is 0 Å². The van der Waals surface area contributed by atoms with Crippen molar-refractivity contribution in [3.63, 3.8) is 0 Å². The number of hydrogen-bond acceptors (Lipinski definition) is 2. The highest BCUT2D eigenvalue weighted by Gasteiger charge is 2.40. The number of rotatable bonds is 2. The molecule has 0 saturated carbocycles. The minimum Gasteiger partial charge on any atom is -0.320 e. The lowest BCUT2D eigenvalue weighted by Gasteiger charge is -2.32. The van der Waals surface area contributed by atoms with Gasteiger partial charge in [-0.1, -0.05) is 17.7 Å². The monoisotopic (exact) mass is 343 g/mol. The zero-order chi connectivity index (χ0) is 17.8. The molecule has 2 aromatic heterocycles. The average Bonchev–Trinajstić information content (AvgIpc) is 3.04. The first-order valence-corrected chi connectivity index (χ1v) is 9.58. The first kappa shape index (κ1) is 15.8. The molecule has 3 heteroatoms. The van der Waals surface area contributed by atoms with E-state index in [9.17, 15) is 0 Å². The smallest absolute Gasteiger partial charge is 0.0529 e. The van der Waals surface area contributed by atoms with E-state index in [2.05, 4.69) is 71.0 Å². The minimum atomic E-state index is 0.573. The molecule has 0 aliphatic carbocycles. The Balaban J connectivity index is 1.68. The van der Waals surface area contributed by atoms with Gasteiger partial charge in [-0.25, -0.2) is 0 Å². The number of benzene rings is 1. The normalized spacial score (nSPS) is 22.4. The maximum Gasteiger partial charge on any atom is 0.0529 e. The Kier molecular flexibility index (Phi) is 3.54. The van der Waals surface area contributed by atoms with Crippen molar-refractivity contribution >= 4 is 23.2 Å². The number of fused-ring (bicyclic) bond motifs is 6. The summed E-state index contributed by atoms with van der Waals surface area (Å²) in [5, 5.41) is 1.43. The topological polar surface area (TPSA) is 21.1 Å². The Morgan fingerprint density at radius 2 is 2.00 bits per heavy atom. The number of aromatic nitrogens is 2. The van der Waals surface area contributed by atoms with Crippen LogP contribution in [-0.4, -0.2) is 27.5 Å². The molecule has 2 aliphatic heterocycles. The summed E-state index contributed by atoms with van der Waals surface area (Å²) >= 11 is 0. The van der Waals surface area contributed by atoms with Gasteiger partial charge in [0.15, 0.2) is 0 Å². The third kappa shape index (κ3) is 2.34. The highest BCUT2D eigenvalue weighted by molar-refractivity contribution is 5.90. The molecule has 1 saturated heterocycles. The van der Waals surface area contributed by atoms with Gasteiger partial charge in [-0.3, -0.25) is 9.88 Å². The second-order valence-electron chi connectivity index (χ2n) is 7.92. The van der Waals surface area contributed by atoms with Gasteiger partial charge in [0.2, 0.25) is 0 Å². The number of pyridine rings is 1. The molecular weight excluding hydrogens is 318 g/mol. The summed E-state index contributed by atoms with van der Waals surface area (Å²) in [4.78, 5) is 7.02. The third-order valence-corrected chi connectivity index (χ3v) is 6.26. The van der Waals surface area contributed by atoms with Gasteiger partial charge in [0.25, 0.3) is 0 Å². The fourth-order valence-electron chi connectivity index (χ4n) is 4.82. The number of hydrogen-bond donors (Lipinski definition) is 0. The molecule has 4 heterocycles. The summed E-state index contributed by atoms with van der Waals surface area (Å²) in [6.45, 7) is 4.22. The zero-order valence-electron chi connectivity index (χ0n) is 15.7. The molecule has 1 fully saturated rings.